The van der Waals surface area contributed by atoms with Crippen LogP contribution in [0.3, 0.4) is 0 Å². The fraction of sp³-hybridized carbons (Fsp3) is 0.448. The summed E-state index contributed by atoms with van der Waals surface area (Å²) in [7, 11) is 0. The quantitative estimate of drug-likeness (QED) is 0.347. The van der Waals surface area contributed by atoms with E-state index in [0.29, 0.717) is 16.9 Å². The number of benzene rings is 1. The van der Waals surface area contributed by atoms with E-state index < -0.39 is 0 Å². The van der Waals surface area contributed by atoms with Crippen molar-refractivity contribution in [2.75, 3.05) is 17.2 Å². The van der Waals surface area contributed by atoms with E-state index in [4.69, 9.17) is 5.10 Å². The van der Waals surface area contributed by atoms with Gasteiger partial charge in [-0.15, -0.1) is 5.10 Å². The van der Waals surface area contributed by atoms with Gasteiger partial charge in [0.2, 0.25) is 0 Å². The highest BCUT2D eigenvalue weighted by atomic mass is 15.5. The summed E-state index contributed by atoms with van der Waals surface area (Å²) in [6.45, 7) is 11.4. The topological polar surface area (TPSA) is 117 Å². The number of aryl methyl sites for hydroxylation is 1. The summed E-state index contributed by atoms with van der Waals surface area (Å²) in [5.41, 5.74) is 6.01. The Balaban J connectivity index is 1.43. The number of hydrogen-bond acceptors (Lipinski definition) is 8. The third kappa shape index (κ3) is 4.05. The standard InChI is InChI=1S/C29H33N9/c1-17-22(7-6-8-31-17)26(24-18(2)38(37-36-24)29-11-19(12-29)13-29)35-21-9-20(14-30)25-23(10-21)27(34-16-33-25)32-15-28(3,4)5/h6-10,16,19,26,35H,11-13,15H2,1-5H3,(H,32,33,34)/t19?,26-,29?/m0/s1. The van der Waals surface area contributed by atoms with Gasteiger partial charge in [-0.1, -0.05) is 32.1 Å². The maximum absolute atomic E-state index is 10.0. The van der Waals surface area contributed by atoms with Crippen LogP contribution in [0, 0.1) is 36.5 Å². The molecule has 3 aromatic heterocycles. The number of nitrogens with zero attached hydrogens (tertiary/aromatic N) is 7. The molecule has 3 fully saturated rings. The van der Waals surface area contributed by atoms with Gasteiger partial charge in [0.25, 0.3) is 0 Å². The maximum atomic E-state index is 10.0. The third-order valence-electron chi connectivity index (χ3n) is 7.97. The molecule has 1 aromatic carbocycles. The van der Waals surface area contributed by atoms with Crippen LogP contribution in [-0.2, 0) is 5.54 Å². The predicted molar refractivity (Wildman–Crippen MR) is 147 cm³/mol. The zero-order valence-electron chi connectivity index (χ0n) is 22.6. The Bertz CT molecular complexity index is 1560. The summed E-state index contributed by atoms with van der Waals surface area (Å²) in [4.78, 5) is 13.5. The van der Waals surface area contributed by atoms with Crippen LogP contribution in [0.4, 0.5) is 11.5 Å². The Morgan fingerprint density at radius 1 is 1.16 bits per heavy atom. The fourth-order valence-electron chi connectivity index (χ4n) is 5.84. The Labute approximate surface area is 222 Å². The van der Waals surface area contributed by atoms with Crippen molar-refractivity contribution >= 4 is 22.4 Å². The molecule has 2 bridgehead atoms. The van der Waals surface area contributed by atoms with Crippen LogP contribution < -0.4 is 10.6 Å². The van der Waals surface area contributed by atoms with Crippen LogP contribution in [0.15, 0.2) is 36.8 Å². The molecule has 3 heterocycles. The number of aromatic nitrogens is 6. The fourth-order valence-corrected chi connectivity index (χ4v) is 5.84. The van der Waals surface area contributed by atoms with Crippen LogP contribution in [-0.4, -0.2) is 36.5 Å². The first-order valence-electron chi connectivity index (χ1n) is 13.2. The van der Waals surface area contributed by atoms with Gasteiger partial charge in [0, 0.05) is 35.1 Å². The van der Waals surface area contributed by atoms with Crippen molar-refractivity contribution in [3.05, 3.63) is 65.0 Å². The molecule has 3 aliphatic rings. The number of fused-ring (bicyclic) bond motifs is 1. The van der Waals surface area contributed by atoms with Gasteiger partial charge >= 0.3 is 0 Å². The predicted octanol–water partition coefficient (Wildman–Crippen LogP) is 5.27. The van der Waals surface area contributed by atoms with Crippen LogP contribution in [0.25, 0.3) is 10.9 Å². The summed E-state index contributed by atoms with van der Waals surface area (Å²) < 4.78 is 2.15. The van der Waals surface area contributed by atoms with Gasteiger partial charge in [-0.25, -0.2) is 14.6 Å². The molecule has 9 nitrogen and oxygen atoms in total. The van der Waals surface area contributed by atoms with E-state index in [1.165, 1.54) is 25.6 Å². The van der Waals surface area contributed by atoms with E-state index >= 15 is 0 Å². The van der Waals surface area contributed by atoms with Gasteiger partial charge in [0.05, 0.1) is 28.4 Å². The summed E-state index contributed by atoms with van der Waals surface area (Å²) in [5.74, 6) is 1.56. The SMILES string of the molecule is Cc1ncccc1[C@H](Nc1cc(C#N)c2ncnc(NCC(C)(C)C)c2c1)c1nnn(C23CC(C2)C3)c1C. The number of nitriles is 1. The molecule has 194 valence electrons. The molecule has 7 rings (SSSR count). The molecule has 9 heteroatoms. The molecule has 3 saturated carbocycles. The average molecular weight is 508 g/mol. The highest BCUT2D eigenvalue weighted by Crippen LogP contribution is 2.62. The molecular formula is C29H33N9. The van der Waals surface area contributed by atoms with E-state index in [1.54, 1.807) is 6.20 Å². The maximum Gasteiger partial charge on any atom is 0.137 e. The molecule has 3 aliphatic carbocycles. The first-order chi connectivity index (χ1) is 18.2. The Morgan fingerprint density at radius 3 is 2.61 bits per heavy atom. The molecule has 0 saturated heterocycles. The molecule has 0 radical (unpaired) electrons. The van der Waals surface area contributed by atoms with Gasteiger partial charge in [0.1, 0.15) is 23.9 Å². The summed E-state index contributed by atoms with van der Waals surface area (Å²) >= 11 is 0. The lowest BCUT2D eigenvalue weighted by molar-refractivity contribution is -0.100. The lowest BCUT2D eigenvalue weighted by Crippen LogP contribution is -2.60. The largest absolute Gasteiger partial charge is 0.373 e. The van der Waals surface area contributed by atoms with Crippen molar-refractivity contribution < 1.29 is 0 Å². The highest BCUT2D eigenvalue weighted by molar-refractivity contribution is 5.95. The van der Waals surface area contributed by atoms with Crippen molar-refractivity contribution in [1.82, 2.24) is 29.9 Å². The van der Waals surface area contributed by atoms with E-state index in [1.807, 2.05) is 25.1 Å². The van der Waals surface area contributed by atoms with E-state index in [0.717, 1.165) is 46.2 Å². The molecular weight excluding hydrogens is 474 g/mol. The molecule has 0 unspecified atom stereocenters. The number of hydrogen-bond donors (Lipinski definition) is 2. The lowest BCUT2D eigenvalue weighted by Gasteiger charge is -2.61. The van der Waals surface area contributed by atoms with Crippen molar-refractivity contribution in [3.8, 4) is 6.07 Å². The second-order valence-corrected chi connectivity index (χ2v) is 12.1. The van der Waals surface area contributed by atoms with E-state index in [9.17, 15) is 5.26 Å². The third-order valence-corrected chi connectivity index (χ3v) is 7.97. The molecule has 0 amide bonds. The van der Waals surface area contributed by atoms with Gasteiger partial charge in [0.15, 0.2) is 0 Å². The second kappa shape index (κ2) is 8.76. The van der Waals surface area contributed by atoms with E-state index in [2.05, 4.69) is 75.3 Å². The number of nitrogens with one attached hydrogen (secondary N) is 2. The number of anilines is 2. The van der Waals surface area contributed by atoms with Gasteiger partial charge < -0.3 is 10.6 Å². The number of pyridine rings is 1. The highest BCUT2D eigenvalue weighted by Gasteiger charge is 2.59. The van der Waals surface area contributed by atoms with Gasteiger partial charge in [-0.3, -0.25) is 4.98 Å². The summed E-state index contributed by atoms with van der Waals surface area (Å²) in [6.07, 6.45) is 6.90. The molecule has 2 N–H and O–H groups in total. The van der Waals surface area contributed by atoms with Crippen LogP contribution in [0.1, 0.15) is 74.3 Å². The minimum atomic E-state index is -0.288. The Morgan fingerprint density at radius 2 is 1.95 bits per heavy atom. The van der Waals surface area contributed by atoms with Crippen LogP contribution in [0.2, 0.25) is 0 Å². The Kier molecular flexibility index (Phi) is 5.60. The minimum absolute atomic E-state index is 0.0673. The smallest absolute Gasteiger partial charge is 0.137 e. The minimum Gasteiger partial charge on any atom is -0.373 e. The zero-order valence-corrected chi connectivity index (χ0v) is 22.6. The zero-order chi connectivity index (χ0) is 26.7. The van der Waals surface area contributed by atoms with E-state index in [-0.39, 0.29) is 17.0 Å². The van der Waals surface area contributed by atoms with Crippen LogP contribution in [0.5, 0.6) is 0 Å². The van der Waals surface area contributed by atoms with Crippen LogP contribution >= 0.6 is 0 Å². The molecule has 0 aliphatic heterocycles. The van der Waals surface area contributed by atoms with Crippen molar-refractivity contribution in [1.29, 1.82) is 5.26 Å². The monoisotopic (exact) mass is 507 g/mol. The van der Waals surface area contributed by atoms with Crippen molar-refractivity contribution in [3.63, 3.8) is 0 Å². The first-order valence-corrected chi connectivity index (χ1v) is 13.2. The van der Waals surface area contributed by atoms with Crippen molar-refractivity contribution in [2.45, 2.75) is 65.5 Å². The summed E-state index contributed by atoms with van der Waals surface area (Å²) in [5, 5.41) is 27.3. The average Bonchev–Trinajstić information content (AvgIpc) is 3.19. The normalized spacial score (nSPS) is 20.8. The van der Waals surface area contributed by atoms with Gasteiger partial charge in [-0.2, -0.15) is 5.26 Å². The molecule has 38 heavy (non-hydrogen) atoms. The lowest BCUT2D eigenvalue weighted by atomic mass is 9.50. The van der Waals surface area contributed by atoms with Crippen molar-refractivity contribution in [2.24, 2.45) is 11.3 Å². The first kappa shape index (κ1) is 24.3. The summed E-state index contributed by atoms with van der Waals surface area (Å²) in [6, 6.07) is 9.92. The Hall–Kier alpha value is -4.06. The second-order valence-electron chi connectivity index (χ2n) is 12.1. The molecule has 1 atom stereocenters. The molecule has 4 aromatic rings. The number of rotatable bonds is 7. The van der Waals surface area contributed by atoms with Gasteiger partial charge in [-0.05, 0) is 62.6 Å². The molecule has 0 spiro atoms.